The van der Waals surface area contributed by atoms with Gasteiger partial charge in [-0.3, -0.25) is 4.79 Å². The summed E-state index contributed by atoms with van der Waals surface area (Å²) in [6, 6.07) is 10.8. The maximum absolute atomic E-state index is 11.5. The van der Waals surface area contributed by atoms with Crippen LogP contribution in [0.2, 0.25) is 0 Å². The molecule has 1 unspecified atom stereocenters. The van der Waals surface area contributed by atoms with Gasteiger partial charge in [-0.1, -0.05) is 26.0 Å². The number of hydrogen-bond donors (Lipinski definition) is 1. The first kappa shape index (κ1) is 21.6. The normalized spacial score (nSPS) is 22.6. The molecule has 0 bridgehead atoms. The van der Waals surface area contributed by atoms with Gasteiger partial charge >= 0.3 is 0 Å². The molecule has 3 atom stereocenters. The second-order valence-electron chi connectivity index (χ2n) is 8.82. The highest BCUT2D eigenvalue weighted by Gasteiger charge is 2.37. The number of nitrogens with one attached hydrogen (secondary N) is 1. The molecular weight excluding hydrogens is 390 g/mol. The van der Waals surface area contributed by atoms with Crippen molar-refractivity contribution in [2.45, 2.75) is 58.3 Å². The highest BCUT2D eigenvalue weighted by Crippen LogP contribution is 2.29. The summed E-state index contributed by atoms with van der Waals surface area (Å²) in [4.78, 5) is 25.0. The zero-order chi connectivity index (χ0) is 21.8. The largest absolute Gasteiger partial charge is 0.372 e. The Morgan fingerprint density at radius 3 is 2.52 bits per heavy atom. The number of aldehydes is 1. The molecule has 2 fully saturated rings. The van der Waals surface area contributed by atoms with Gasteiger partial charge in [0.05, 0.1) is 18.7 Å². The first-order chi connectivity index (χ1) is 15.1. The summed E-state index contributed by atoms with van der Waals surface area (Å²) in [5.41, 5.74) is 2.48. The molecule has 0 saturated carbocycles. The second-order valence-corrected chi connectivity index (χ2v) is 8.82. The SMILES string of the molecule is CC(C)[C@H]1COC(C=O)N1c1ccnc(N[C@H](C)c2ccc(N3CCCCC3)cc2)n1. The number of ether oxygens (including phenoxy) is 1. The van der Waals surface area contributed by atoms with E-state index in [9.17, 15) is 4.79 Å². The summed E-state index contributed by atoms with van der Waals surface area (Å²) in [6.07, 6.45) is 5.85. The lowest BCUT2D eigenvalue weighted by Crippen LogP contribution is -2.41. The van der Waals surface area contributed by atoms with E-state index in [0.717, 1.165) is 19.4 Å². The van der Waals surface area contributed by atoms with Crippen LogP contribution in [0.25, 0.3) is 0 Å². The Balaban J connectivity index is 1.46. The van der Waals surface area contributed by atoms with Crippen LogP contribution in [0.15, 0.2) is 36.5 Å². The average Bonchev–Trinajstić information content (AvgIpc) is 3.25. The van der Waals surface area contributed by atoms with Gasteiger partial charge in [-0.2, -0.15) is 4.98 Å². The first-order valence-electron chi connectivity index (χ1n) is 11.4. The summed E-state index contributed by atoms with van der Waals surface area (Å²) < 4.78 is 5.67. The minimum Gasteiger partial charge on any atom is -0.372 e. The maximum atomic E-state index is 11.5. The molecule has 0 radical (unpaired) electrons. The van der Waals surface area contributed by atoms with Crippen LogP contribution < -0.4 is 15.1 Å². The van der Waals surface area contributed by atoms with Gasteiger partial charge < -0.3 is 19.9 Å². The van der Waals surface area contributed by atoms with Crippen molar-refractivity contribution in [2.24, 2.45) is 5.92 Å². The molecule has 1 aromatic carbocycles. The van der Waals surface area contributed by atoms with Gasteiger partial charge in [0.25, 0.3) is 0 Å². The number of piperidine rings is 1. The van der Waals surface area contributed by atoms with E-state index in [4.69, 9.17) is 9.72 Å². The predicted octanol–water partition coefficient (Wildman–Crippen LogP) is 4.03. The Bertz CT molecular complexity index is 867. The number of anilines is 3. The summed E-state index contributed by atoms with van der Waals surface area (Å²) in [7, 11) is 0. The van der Waals surface area contributed by atoms with Crippen molar-refractivity contribution in [3.05, 3.63) is 42.1 Å². The number of benzene rings is 1. The van der Waals surface area contributed by atoms with Crippen LogP contribution in [-0.4, -0.2) is 48.2 Å². The smallest absolute Gasteiger partial charge is 0.225 e. The molecule has 3 heterocycles. The number of carbonyl (C=O) groups excluding carboxylic acids is 1. The Hall–Kier alpha value is -2.67. The third-order valence-electron chi connectivity index (χ3n) is 6.32. The monoisotopic (exact) mass is 423 g/mol. The van der Waals surface area contributed by atoms with Crippen LogP contribution >= 0.6 is 0 Å². The van der Waals surface area contributed by atoms with Crippen LogP contribution in [0.4, 0.5) is 17.5 Å². The Kier molecular flexibility index (Phi) is 6.70. The molecule has 1 N–H and O–H groups in total. The lowest BCUT2D eigenvalue weighted by Gasteiger charge is -2.29. The van der Waals surface area contributed by atoms with E-state index in [1.807, 2.05) is 11.0 Å². The van der Waals surface area contributed by atoms with Crippen molar-refractivity contribution in [1.29, 1.82) is 0 Å². The van der Waals surface area contributed by atoms with Crippen molar-refractivity contribution >= 4 is 23.7 Å². The molecule has 7 heteroatoms. The summed E-state index contributed by atoms with van der Waals surface area (Å²) in [6.45, 7) is 9.18. The average molecular weight is 424 g/mol. The quantitative estimate of drug-likeness (QED) is 0.674. The van der Waals surface area contributed by atoms with Gasteiger partial charge in [-0.15, -0.1) is 0 Å². The highest BCUT2D eigenvalue weighted by atomic mass is 16.5. The van der Waals surface area contributed by atoms with Crippen molar-refractivity contribution in [3.8, 4) is 0 Å². The van der Waals surface area contributed by atoms with Crippen molar-refractivity contribution in [1.82, 2.24) is 9.97 Å². The van der Waals surface area contributed by atoms with Gasteiger partial charge in [-0.05, 0) is 55.9 Å². The molecule has 2 aliphatic rings. The zero-order valence-corrected chi connectivity index (χ0v) is 18.7. The molecule has 0 spiro atoms. The minimum atomic E-state index is -0.602. The summed E-state index contributed by atoms with van der Waals surface area (Å²) >= 11 is 0. The van der Waals surface area contributed by atoms with Crippen LogP contribution in [0.3, 0.4) is 0 Å². The molecule has 4 rings (SSSR count). The zero-order valence-electron chi connectivity index (χ0n) is 18.7. The van der Waals surface area contributed by atoms with E-state index in [-0.39, 0.29) is 12.1 Å². The molecule has 2 saturated heterocycles. The number of aromatic nitrogens is 2. The molecule has 31 heavy (non-hydrogen) atoms. The first-order valence-corrected chi connectivity index (χ1v) is 11.4. The standard InChI is InChI=1S/C24H33N5O2/c1-17(2)21-16-31-23(15-30)29(21)22-11-12-25-24(27-22)26-18(3)19-7-9-20(10-8-19)28-13-5-4-6-14-28/h7-12,15,17-18,21,23H,4-6,13-14,16H2,1-3H3,(H,25,26,27)/t18-,21-,23?/m1/s1. The van der Waals surface area contributed by atoms with Crippen LogP contribution in [0.5, 0.6) is 0 Å². The van der Waals surface area contributed by atoms with Crippen molar-refractivity contribution in [2.75, 3.05) is 34.8 Å². The molecule has 7 nitrogen and oxygen atoms in total. The number of carbonyl (C=O) groups is 1. The Morgan fingerprint density at radius 2 is 1.84 bits per heavy atom. The minimum absolute atomic E-state index is 0.0586. The van der Waals surface area contributed by atoms with Gasteiger partial charge in [0.1, 0.15) is 5.82 Å². The third-order valence-corrected chi connectivity index (χ3v) is 6.32. The molecule has 0 aliphatic carbocycles. The van der Waals surface area contributed by atoms with E-state index in [1.165, 1.54) is 30.5 Å². The summed E-state index contributed by atoms with van der Waals surface area (Å²) in [5.74, 6) is 1.59. The fraction of sp³-hybridized carbons (Fsp3) is 0.542. The van der Waals surface area contributed by atoms with E-state index in [0.29, 0.717) is 24.3 Å². The van der Waals surface area contributed by atoms with Gasteiger partial charge in [0.15, 0.2) is 12.5 Å². The van der Waals surface area contributed by atoms with Gasteiger partial charge in [0.2, 0.25) is 5.95 Å². The van der Waals surface area contributed by atoms with Crippen LogP contribution in [-0.2, 0) is 9.53 Å². The number of rotatable bonds is 7. The third kappa shape index (κ3) is 4.82. The van der Waals surface area contributed by atoms with E-state index < -0.39 is 6.23 Å². The Morgan fingerprint density at radius 1 is 1.10 bits per heavy atom. The summed E-state index contributed by atoms with van der Waals surface area (Å²) in [5, 5.41) is 3.41. The lowest BCUT2D eigenvalue weighted by molar-refractivity contribution is -0.115. The molecule has 2 aliphatic heterocycles. The van der Waals surface area contributed by atoms with Crippen molar-refractivity contribution in [3.63, 3.8) is 0 Å². The van der Waals surface area contributed by atoms with E-state index >= 15 is 0 Å². The topological polar surface area (TPSA) is 70.6 Å². The van der Waals surface area contributed by atoms with Crippen molar-refractivity contribution < 1.29 is 9.53 Å². The highest BCUT2D eigenvalue weighted by molar-refractivity contribution is 5.64. The molecule has 0 amide bonds. The fourth-order valence-corrected chi connectivity index (χ4v) is 4.43. The molecule has 166 valence electrons. The molecular formula is C24H33N5O2. The maximum Gasteiger partial charge on any atom is 0.225 e. The Labute approximate surface area is 184 Å². The number of hydrogen-bond acceptors (Lipinski definition) is 7. The molecule has 1 aromatic heterocycles. The van der Waals surface area contributed by atoms with Crippen LogP contribution in [0, 0.1) is 5.92 Å². The predicted molar refractivity (Wildman–Crippen MR) is 123 cm³/mol. The van der Waals surface area contributed by atoms with E-state index in [2.05, 4.69) is 60.2 Å². The van der Waals surface area contributed by atoms with Gasteiger partial charge in [0, 0.05) is 25.0 Å². The lowest BCUT2D eigenvalue weighted by atomic mass is 10.0. The number of nitrogens with zero attached hydrogens (tertiary/aromatic N) is 4. The van der Waals surface area contributed by atoms with Gasteiger partial charge in [-0.25, -0.2) is 4.98 Å². The van der Waals surface area contributed by atoms with Crippen LogP contribution in [0.1, 0.15) is 51.6 Å². The second kappa shape index (κ2) is 9.64. The van der Waals surface area contributed by atoms with E-state index in [1.54, 1.807) is 6.20 Å². The fourth-order valence-electron chi connectivity index (χ4n) is 4.43. The molecule has 2 aromatic rings.